The van der Waals surface area contributed by atoms with Crippen molar-refractivity contribution in [1.29, 1.82) is 0 Å². The number of amides is 1. The van der Waals surface area contributed by atoms with E-state index in [-0.39, 0.29) is 55.2 Å². The van der Waals surface area contributed by atoms with E-state index in [9.17, 15) is 29.5 Å². The van der Waals surface area contributed by atoms with Crippen molar-refractivity contribution in [3.05, 3.63) is 28.8 Å². The molecule has 3 rings (SSSR count). The van der Waals surface area contributed by atoms with Gasteiger partial charge in [-0.2, -0.15) is 0 Å². The molecule has 30 heavy (non-hydrogen) atoms. The molecule has 1 aromatic rings. The minimum absolute atomic E-state index is 0.0734. The predicted molar refractivity (Wildman–Crippen MR) is 107 cm³/mol. The number of carboxylic acid groups (broad SMARTS) is 1. The Morgan fingerprint density at radius 2 is 1.97 bits per heavy atom. The predicted octanol–water partition coefficient (Wildman–Crippen LogP) is -1.35. The lowest BCUT2D eigenvalue weighted by atomic mass is 9.47. The molecule has 0 aromatic heterocycles. The van der Waals surface area contributed by atoms with Crippen molar-refractivity contribution in [1.82, 2.24) is 4.90 Å². The van der Waals surface area contributed by atoms with Gasteiger partial charge in [0.05, 0.1) is 25.1 Å². The Hall–Kier alpha value is -2.43. The summed E-state index contributed by atoms with van der Waals surface area (Å²) >= 11 is 0. The minimum Gasteiger partial charge on any atom is -0.583 e. The number of carbonyl (C=O) groups is 3. The highest BCUT2D eigenvalue weighted by molar-refractivity contribution is 6.64. The van der Waals surface area contributed by atoms with Crippen molar-refractivity contribution < 1.29 is 34.3 Å². The summed E-state index contributed by atoms with van der Waals surface area (Å²) < 4.78 is 5.80. The fraction of sp³-hybridized carbons (Fsp3) is 0.550. The summed E-state index contributed by atoms with van der Waals surface area (Å²) in [6, 6.07) is 2.66. The number of nitrogens with zero attached hydrogens (tertiary/aromatic N) is 1. The number of fused-ring (bicyclic) bond motifs is 1. The smallest absolute Gasteiger partial charge is 0.240 e. The van der Waals surface area contributed by atoms with E-state index in [1.807, 2.05) is 0 Å². The minimum atomic E-state index is -2.65. The van der Waals surface area contributed by atoms with Crippen molar-refractivity contribution >= 4 is 24.2 Å². The zero-order chi connectivity index (χ0) is 22.2. The summed E-state index contributed by atoms with van der Waals surface area (Å²) in [5, 5.41) is 31.7. The molecule has 0 bridgehead atoms. The largest absolute Gasteiger partial charge is 0.583 e. The number of rotatable bonds is 7. The van der Waals surface area contributed by atoms with E-state index < -0.39 is 30.6 Å². The van der Waals surface area contributed by atoms with Crippen LogP contribution >= 0.6 is 0 Å². The normalized spacial score (nSPS) is 20.0. The Balaban J connectivity index is 1.66. The molecule has 10 heteroatoms. The Morgan fingerprint density at radius 1 is 1.30 bits per heavy atom. The lowest BCUT2D eigenvalue weighted by Crippen LogP contribution is -2.57. The molecule has 0 saturated carbocycles. The van der Waals surface area contributed by atoms with E-state index in [4.69, 9.17) is 10.5 Å². The molecule has 2 aliphatic heterocycles. The average molecular weight is 418 g/mol. The number of ketones is 1. The maximum absolute atomic E-state index is 12.4. The van der Waals surface area contributed by atoms with Crippen LogP contribution in [0.5, 0.6) is 5.75 Å². The average Bonchev–Trinajstić information content (AvgIpc) is 2.61. The summed E-state index contributed by atoms with van der Waals surface area (Å²) in [5.41, 5.74) is 6.45. The topological polar surface area (TPSA) is 153 Å². The van der Waals surface area contributed by atoms with Gasteiger partial charge in [-0.15, -0.1) is 12.6 Å². The Bertz CT molecular complexity index is 865. The fourth-order valence-electron chi connectivity index (χ4n) is 4.03. The van der Waals surface area contributed by atoms with Gasteiger partial charge in [0.15, 0.2) is 0 Å². The third-order valence-corrected chi connectivity index (χ3v) is 5.87. The second-order valence-corrected chi connectivity index (χ2v) is 8.58. The van der Waals surface area contributed by atoms with Gasteiger partial charge in [0.1, 0.15) is 17.6 Å². The summed E-state index contributed by atoms with van der Waals surface area (Å²) in [6.07, 6.45) is 0.0686. The first kappa shape index (κ1) is 22.3. The molecule has 2 heterocycles. The van der Waals surface area contributed by atoms with E-state index in [0.29, 0.717) is 12.0 Å². The molecule has 2 aliphatic rings. The van der Waals surface area contributed by atoms with Gasteiger partial charge >= 0.3 is 0 Å². The van der Waals surface area contributed by atoms with E-state index in [2.05, 4.69) is 0 Å². The molecular formula is C20H27BN2O7-2. The number of ether oxygens (including phenoxy) is 1. The van der Waals surface area contributed by atoms with E-state index in [1.165, 1.54) is 0 Å². The molecule has 164 valence electrons. The first-order chi connectivity index (χ1) is 14.0. The molecule has 1 fully saturated rings. The maximum atomic E-state index is 12.4. The monoisotopic (exact) mass is 418 g/mol. The molecule has 4 N–H and O–H groups in total. The summed E-state index contributed by atoms with van der Waals surface area (Å²) in [7, 11) is 0. The van der Waals surface area contributed by atoms with Gasteiger partial charge in [0.2, 0.25) is 12.5 Å². The second-order valence-electron chi connectivity index (χ2n) is 8.58. The van der Waals surface area contributed by atoms with Gasteiger partial charge < -0.3 is 35.3 Å². The van der Waals surface area contributed by atoms with Crippen molar-refractivity contribution in [3.63, 3.8) is 0 Å². The number of hydrogen-bond acceptors (Lipinski definition) is 8. The van der Waals surface area contributed by atoms with Gasteiger partial charge in [-0.3, -0.25) is 9.59 Å². The number of carbonyl (C=O) groups excluding carboxylic acids is 3. The summed E-state index contributed by atoms with van der Waals surface area (Å²) in [6.45, 7) is 1.15. The highest BCUT2D eigenvalue weighted by Gasteiger charge is 2.36. The summed E-state index contributed by atoms with van der Waals surface area (Å²) in [4.78, 5) is 37.5. The van der Waals surface area contributed by atoms with Gasteiger partial charge in [-0.05, 0) is 18.6 Å². The fourth-order valence-corrected chi connectivity index (χ4v) is 4.03. The molecule has 9 nitrogen and oxygen atoms in total. The van der Waals surface area contributed by atoms with Crippen LogP contribution in [0.25, 0.3) is 0 Å². The number of benzene rings is 1. The molecule has 2 atom stereocenters. The van der Waals surface area contributed by atoms with Crippen LogP contribution in [-0.4, -0.2) is 64.4 Å². The first-order valence-corrected chi connectivity index (χ1v) is 10.2. The molecule has 0 unspecified atom stereocenters. The van der Waals surface area contributed by atoms with E-state index in [0.717, 1.165) is 5.56 Å². The Morgan fingerprint density at radius 3 is 2.57 bits per heavy atom. The molecule has 1 saturated heterocycles. The number of carboxylic acids is 1. The zero-order valence-corrected chi connectivity index (χ0v) is 17.2. The van der Waals surface area contributed by atoms with E-state index >= 15 is 0 Å². The molecule has 0 radical (unpaired) electrons. The number of Topliss-reactive ketones (excluding diaryl/α,β-unsaturated/α-hetero) is 1. The Labute approximate surface area is 174 Å². The molecule has 1 aromatic carbocycles. The van der Waals surface area contributed by atoms with Gasteiger partial charge in [0.25, 0.3) is 0 Å². The quantitative estimate of drug-likeness (QED) is 0.460. The number of hydrogen-bond donors (Lipinski definition) is 3. The first-order valence-electron chi connectivity index (χ1n) is 10.2. The van der Waals surface area contributed by atoms with Crippen molar-refractivity contribution in [2.45, 2.75) is 51.5 Å². The second kappa shape index (κ2) is 8.37. The standard InChI is InChI=1S/C20H28BN2O7/c1-11(7-16(24)12(2)22)19(25)23-9-14(10-23)30-17-4-3-13-5-6-21(28,29)8-15(13)18(17)20(26)27/h3-4,11-12,14,28-29H,5-10,22H2,1-2H3,(H,26,27)/q-1/p-1/t11-,12+/m0/s1. The van der Waals surface area contributed by atoms with Crippen LogP contribution in [0.15, 0.2) is 12.1 Å². The van der Waals surface area contributed by atoms with Crippen molar-refractivity contribution in [3.8, 4) is 5.75 Å². The van der Waals surface area contributed by atoms with Crippen LogP contribution in [0, 0.1) is 5.92 Å². The number of likely N-dealkylation sites (tertiary alicyclic amines) is 1. The van der Waals surface area contributed by atoms with Gasteiger partial charge in [0, 0.05) is 17.9 Å². The third kappa shape index (κ3) is 4.66. The lowest BCUT2D eigenvalue weighted by molar-refractivity contribution is -0.255. The number of nitrogens with two attached hydrogens (primary N) is 1. The van der Waals surface area contributed by atoms with E-state index in [1.54, 1.807) is 30.9 Å². The Kier molecular flexibility index (Phi) is 6.21. The zero-order valence-electron chi connectivity index (χ0n) is 17.2. The summed E-state index contributed by atoms with van der Waals surface area (Å²) in [5.74, 6) is -2.19. The van der Waals surface area contributed by atoms with Crippen LogP contribution < -0.4 is 15.6 Å². The van der Waals surface area contributed by atoms with Crippen LogP contribution in [0.4, 0.5) is 0 Å². The SMILES string of the molecule is C[C@@H](N)C(=O)C[C@H](C)C(=O)N1CC(Oc2ccc3c(c2C(=O)[O-])C[B-](O)(O)CC3)C1. The van der Waals surface area contributed by atoms with Crippen molar-refractivity contribution in [2.24, 2.45) is 11.7 Å². The highest BCUT2D eigenvalue weighted by Crippen LogP contribution is 2.34. The maximum Gasteiger partial charge on any atom is 0.240 e. The number of aryl methyl sites for hydroxylation is 1. The molecule has 1 amide bonds. The molecule has 0 aliphatic carbocycles. The van der Waals surface area contributed by atoms with Crippen LogP contribution in [-0.2, 0) is 22.3 Å². The lowest BCUT2D eigenvalue weighted by Gasteiger charge is -2.41. The van der Waals surface area contributed by atoms with Gasteiger partial charge in [-0.25, -0.2) is 0 Å². The number of aromatic carboxylic acids is 1. The molecule has 0 spiro atoms. The van der Waals surface area contributed by atoms with Crippen molar-refractivity contribution in [2.75, 3.05) is 13.1 Å². The highest BCUT2D eigenvalue weighted by atomic mass is 16.5. The van der Waals surface area contributed by atoms with Crippen LogP contribution in [0.3, 0.4) is 0 Å². The third-order valence-electron chi connectivity index (χ3n) is 5.87. The molecular weight excluding hydrogens is 391 g/mol. The van der Waals surface area contributed by atoms with Crippen LogP contribution in [0.2, 0.25) is 6.32 Å². The van der Waals surface area contributed by atoms with Crippen LogP contribution in [0.1, 0.15) is 41.8 Å². The van der Waals surface area contributed by atoms with Gasteiger partial charge in [-0.1, -0.05) is 25.0 Å².